The first kappa shape index (κ1) is 12.4. The van der Waals surface area contributed by atoms with Crippen LogP contribution < -0.4 is 10.5 Å². The summed E-state index contributed by atoms with van der Waals surface area (Å²) in [6.45, 7) is 1.54. The predicted molar refractivity (Wildman–Crippen MR) is 74.2 cm³/mol. The van der Waals surface area contributed by atoms with Crippen LogP contribution in [0.2, 0.25) is 0 Å². The highest BCUT2D eigenvalue weighted by molar-refractivity contribution is 7.10. The first-order valence-corrected chi connectivity index (χ1v) is 7.01. The Labute approximate surface area is 115 Å². The van der Waals surface area contributed by atoms with E-state index in [9.17, 15) is 0 Å². The third-order valence-corrected chi connectivity index (χ3v) is 3.61. The minimum absolute atomic E-state index is 0.233. The summed E-state index contributed by atoms with van der Waals surface area (Å²) >= 11 is 1.27. The van der Waals surface area contributed by atoms with Crippen molar-refractivity contribution in [2.24, 2.45) is 0 Å². The maximum absolute atomic E-state index is 5.87. The number of hydrogen-bond donors (Lipinski definition) is 1. The smallest absolute Gasteiger partial charge is 0.138 e. The van der Waals surface area contributed by atoms with Gasteiger partial charge in [0.25, 0.3) is 0 Å². The van der Waals surface area contributed by atoms with Crippen molar-refractivity contribution in [2.45, 2.75) is 18.9 Å². The molecule has 0 aromatic carbocycles. The molecule has 0 bridgehead atoms. The molecule has 3 heterocycles. The molecule has 1 saturated heterocycles. The van der Waals surface area contributed by atoms with Gasteiger partial charge in [0.1, 0.15) is 22.5 Å². The van der Waals surface area contributed by atoms with Crippen LogP contribution in [-0.2, 0) is 4.74 Å². The lowest BCUT2D eigenvalue weighted by molar-refractivity contribution is 0.0254. The zero-order valence-electron chi connectivity index (χ0n) is 10.4. The zero-order valence-corrected chi connectivity index (χ0v) is 11.2. The number of rotatable bonds is 3. The molecule has 0 spiro atoms. The summed E-state index contributed by atoms with van der Waals surface area (Å²) in [4.78, 5) is 4.36. The zero-order chi connectivity index (χ0) is 13.1. The van der Waals surface area contributed by atoms with Crippen molar-refractivity contribution in [3.63, 3.8) is 0 Å². The normalized spacial score (nSPS) is 16.4. The Kier molecular flexibility index (Phi) is 3.61. The first-order valence-electron chi connectivity index (χ1n) is 6.24. The van der Waals surface area contributed by atoms with Gasteiger partial charge >= 0.3 is 0 Å². The Morgan fingerprint density at radius 2 is 2.11 bits per heavy atom. The third-order valence-electron chi connectivity index (χ3n) is 3.00. The SMILES string of the molecule is Nc1cc(-c2ccc(OC3CCOCC3)cn2)ns1. The van der Waals surface area contributed by atoms with E-state index in [1.54, 1.807) is 6.20 Å². The van der Waals surface area contributed by atoms with Crippen molar-refractivity contribution in [3.05, 3.63) is 24.4 Å². The number of pyridine rings is 1. The fourth-order valence-corrected chi connectivity index (χ4v) is 2.51. The molecule has 3 rings (SSSR count). The highest BCUT2D eigenvalue weighted by Crippen LogP contribution is 2.24. The molecule has 2 aromatic heterocycles. The second kappa shape index (κ2) is 5.54. The predicted octanol–water partition coefficient (Wildman–Crippen LogP) is 2.35. The van der Waals surface area contributed by atoms with Gasteiger partial charge in [0, 0.05) is 18.9 Å². The van der Waals surface area contributed by atoms with Crippen LogP contribution in [0.15, 0.2) is 24.4 Å². The van der Waals surface area contributed by atoms with E-state index >= 15 is 0 Å². The molecule has 0 amide bonds. The summed E-state index contributed by atoms with van der Waals surface area (Å²) in [5, 5.41) is 0.694. The lowest BCUT2D eigenvalue weighted by Crippen LogP contribution is -2.25. The van der Waals surface area contributed by atoms with E-state index in [-0.39, 0.29) is 6.10 Å². The highest BCUT2D eigenvalue weighted by Gasteiger charge is 2.15. The minimum atomic E-state index is 0.233. The van der Waals surface area contributed by atoms with Gasteiger partial charge in [-0.15, -0.1) is 0 Å². The molecule has 5 nitrogen and oxygen atoms in total. The second-order valence-electron chi connectivity index (χ2n) is 4.42. The van der Waals surface area contributed by atoms with Gasteiger partial charge in [0.15, 0.2) is 0 Å². The number of hydrogen-bond acceptors (Lipinski definition) is 6. The number of nitrogens with two attached hydrogens (primary N) is 1. The van der Waals surface area contributed by atoms with Gasteiger partial charge in [-0.2, -0.15) is 4.37 Å². The summed E-state index contributed by atoms with van der Waals surface area (Å²) in [7, 11) is 0. The number of nitrogen functional groups attached to an aromatic ring is 1. The summed E-state index contributed by atoms with van der Waals surface area (Å²) in [5.74, 6) is 0.791. The highest BCUT2D eigenvalue weighted by atomic mass is 32.1. The quantitative estimate of drug-likeness (QED) is 0.932. The van der Waals surface area contributed by atoms with Gasteiger partial charge in [-0.1, -0.05) is 0 Å². The van der Waals surface area contributed by atoms with Crippen LogP contribution >= 0.6 is 11.5 Å². The van der Waals surface area contributed by atoms with Gasteiger partial charge in [-0.3, -0.25) is 4.98 Å². The molecule has 0 saturated carbocycles. The first-order chi connectivity index (χ1) is 9.31. The largest absolute Gasteiger partial charge is 0.489 e. The molecule has 2 aromatic rings. The molecule has 2 N–H and O–H groups in total. The van der Waals surface area contributed by atoms with Crippen LogP contribution in [-0.4, -0.2) is 28.7 Å². The number of aromatic nitrogens is 2. The van der Waals surface area contributed by atoms with E-state index in [1.807, 2.05) is 18.2 Å². The maximum atomic E-state index is 5.87. The molecule has 1 aliphatic heterocycles. The van der Waals surface area contributed by atoms with Crippen LogP contribution in [0.25, 0.3) is 11.4 Å². The Hall–Kier alpha value is -1.66. The average Bonchev–Trinajstić information content (AvgIpc) is 2.87. The molecule has 0 radical (unpaired) electrons. The molecule has 6 heteroatoms. The summed E-state index contributed by atoms with van der Waals surface area (Å²) in [5.41, 5.74) is 7.28. The number of anilines is 1. The summed E-state index contributed by atoms with van der Waals surface area (Å²) in [6, 6.07) is 5.66. The summed E-state index contributed by atoms with van der Waals surface area (Å²) in [6.07, 6.45) is 3.84. The van der Waals surface area contributed by atoms with Gasteiger partial charge < -0.3 is 15.2 Å². The molecular weight excluding hydrogens is 262 g/mol. The van der Waals surface area contributed by atoms with Gasteiger partial charge in [0.05, 0.1) is 25.1 Å². The lowest BCUT2D eigenvalue weighted by atomic mass is 10.1. The Morgan fingerprint density at radius 3 is 2.74 bits per heavy atom. The van der Waals surface area contributed by atoms with Crippen LogP contribution in [0.4, 0.5) is 5.00 Å². The number of ether oxygens (including phenoxy) is 2. The van der Waals surface area contributed by atoms with Gasteiger partial charge in [0.2, 0.25) is 0 Å². The minimum Gasteiger partial charge on any atom is -0.489 e. The molecule has 0 aliphatic carbocycles. The van der Waals surface area contributed by atoms with Crippen LogP contribution in [0.5, 0.6) is 5.75 Å². The monoisotopic (exact) mass is 277 g/mol. The molecule has 0 unspecified atom stereocenters. The van der Waals surface area contributed by atoms with E-state index in [0.29, 0.717) is 5.00 Å². The molecule has 0 atom stereocenters. The van der Waals surface area contributed by atoms with Crippen molar-refractivity contribution in [2.75, 3.05) is 18.9 Å². The van der Waals surface area contributed by atoms with Crippen LogP contribution in [0, 0.1) is 0 Å². The molecular formula is C13H15N3O2S. The fourth-order valence-electron chi connectivity index (χ4n) is 2.00. The van der Waals surface area contributed by atoms with Crippen molar-refractivity contribution >= 4 is 16.5 Å². The molecule has 1 aliphatic rings. The molecule has 100 valence electrons. The third kappa shape index (κ3) is 3.02. The van der Waals surface area contributed by atoms with E-state index in [1.165, 1.54) is 11.5 Å². The fraction of sp³-hybridized carbons (Fsp3) is 0.385. The average molecular weight is 277 g/mol. The Balaban J connectivity index is 1.68. The van der Waals surface area contributed by atoms with Crippen molar-refractivity contribution in [3.8, 4) is 17.1 Å². The summed E-state index contributed by atoms with van der Waals surface area (Å²) < 4.78 is 15.4. The topological polar surface area (TPSA) is 70.3 Å². The standard InChI is InChI=1S/C13H15N3O2S/c14-13-7-12(16-19-13)11-2-1-10(8-15-11)18-9-3-5-17-6-4-9/h1-2,7-9H,3-6,14H2. The van der Waals surface area contributed by atoms with Crippen molar-refractivity contribution in [1.82, 2.24) is 9.36 Å². The Morgan fingerprint density at radius 1 is 1.26 bits per heavy atom. The molecule has 1 fully saturated rings. The van der Waals surface area contributed by atoms with Crippen molar-refractivity contribution in [1.29, 1.82) is 0 Å². The van der Waals surface area contributed by atoms with Crippen molar-refractivity contribution < 1.29 is 9.47 Å². The maximum Gasteiger partial charge on any atom is 0.138 e. The van der Waals surface area contributed by atoms with E-state index in [4.69, 9.17) is 15.2 Å². The van der Waals surface area contributed by atoms with Gasteiger partial charge in [-0.05, 0) is 23.7 Å². The lowest BCUT2D eigenvalue weighted by Gasteiger charge is -2.23. The van der Waals surface area contributed by atoms with Crippen LogP contribution in [0.1, 0.15) is 12.8 Å². The van der Waals surface area contributed by atoms with Gasteiger partial charge in [-0.25, -0.2) is 0 Å². The number of nitrogens with zero attached hydrogens (tertiary/aromatic N) is 2. The van der Waals surface area contributed by atoms with E-state index in [2.05, 4.69) is 9.36 Å². The van der Waals surface area contributed by atoms with Crippen LogP contribution in [0.3, 0.4) is 0 Å². The van der Waals surface area contributed by atoms with E-state index < -0.39 is 0 Å². The molecule has 19 heavy (non-hydrogen) atoms. The second-order valence-corrected chi connectivity index (χ2v) is 5.26. The Bertz CT molecular complexity index is 535. The van der Waals surface area contributed by atoms with E-state index in [0.717, 1.165) is 43.2 Å².